The summed E-state index contributed by atoms with van der Waals surface area (Å²) in [5.74, 6) is 0.502. The van der Waals surface area contributed by atoms with Gasteiger partial charge in [-0.15, -0.1) is 0 Å². The van der Waals surface area contributed by atoms with Crippen LogP contribution in [-0.4, -0.2) is 0 Å². The molecule has 0 bridgehead atoms. The number of hydrogen-bond acceptors (Lipinski definition) is 2. The van der Waals surface area contributed by atoms with Gasteiger partial charge >= 0.3 is 7.67 Å². The van der Waals surface area contributed by atoms with Crippen molar-refractivity contribution >= 4 is 41.4 Å². The van der Waals surface area contributed by atoms with Crippen LogP contribution in [0, 0.1) is 6.92 Å². The summed E-state index contributed by atoms with van der Waals surface area (Å²) in [6.07, 6.45) is 0. The average Bonchev–Trinajstić information content (AvgIpc) is 2.51. The van der Waals surface area contributed by atoms with E-state index < -0.39 is 7.67 Å². The summed E-state index contributed by atoms with van der Waals surface area (Å²) in [7, 11) is -3.31. The number of nitrogens with one attached hydrogen (secondary N) is 2. The molecule has 116 valence electrons. The van der Waals surface area contributed by atoms with E-state index in [1.807, 2.05) is 43.3 Å². The lowest BCUT2D eigenvalue weighted by atomic mass is 10.1. The van der Waals surface area contributed by atoms with Crippen molar-refractivity contribution in [3.05, 3.63) is 65.2 Å². The molecule has 0 amide bonds. The highest BCUT2D eigenvalue weighted by Gasteiger charge is 2.31. The maximum atomic E-state index is 13.1. The minimum absolute atomic E-state index is 0.502. The van der Waals surface area contributed by atoms with Crippen molar-refractivity contribution in [2.24, 2.45) is 0 Å². The third-order valence-electron chi connectivity index (χ3n) is 3.80. The highest BCUT2D eigenvalue weighted by molar-refractivity contribution is 7.62. The predicted octanol–water partition coefficient (Wildman–Crippen LogP) is 5.83. The zero-order valence-electron chi connectivity index (χ0n) is 12.3. The first kappa shape index (κ1) is 14.4. The molecule has 1 aliphatic heterocycles. The first-order valence-electron chi connectivity index (χ1n) is 7.18. The van der Waals surface area contributed by atoms with Crippen molar-refractivity contribution in [3.63, 3.8) is 0 Å². The van der Waals surface area contributed by atoms with Crippen LogP contribution in [0.4, 0.5) is 11.4 Å². The lowest BCUT2D eigenvalue weighted by molar-refractivity contribution is 0.492. The Morgan fingerprint density at radius 1 is 1.00 bits per heavy atom. The molecule has 2 N–H and O–H groups in total. The molecule has 0 atom stereocenters. The van der Waals surface area contributed by atoms with E-state index in [4.69, 9.17) is 16.1 Å². The highest BCUT2D eigenvalue weighted by atomic mass is 35.5. The Morgan fingerprint density at radius 2 is 1.65 bits per heavy atom. The molecular weight excluding hydrogens is 331 g/mol. The van der Waals surface area contributed by atoms with Gasteiger partial charge in [0.2, 0.25) is 0 Å². The summed E-state index contributed by atoms with van der Waals surface area (Å²) in [4.78, 5) is 0. The van der Waals surface area contributed by atoms with Gasteiger partial charge in [-0.3, -0.25) is 10.2 Å². The second-order valence-electron chi connectivity index (χ2n) is 5.49. The fraction of sp³-hybridized carbons (Fsp3) is 0.0588. The van der Waals surface area contributed by atoms with E-state index in [-0.39, 0.29) is 0 Å². The van der Waals surface area contributed by atoms with Crippen LogP contribution in [0.2, 0.25) is 5.02 Å². The molecule has 3 aromatic carbocycles. The third-order valence-corrected chi connectivity index (χ3v) is 5.77. The van der Waals surface area contributed by atoms with Gasteiger partial charge in [-0.25, -0.2) is 4.57 Å². The Hall–Kier alpha value is -2.16. The Morgan fingerprint density at radius 3 is 2.26 bits per heavy atom. The number of anilines is 2. The number of benzene rings is 3. The van der Waals surface area contributed by atoms with Gasteiger partial charge in [0.05, 0.1) is 11.4 Å². The molecular formula is C17H14ClN2O2P. The van der Waals surface area contributed by atoms with Crippen LogP contribution in [0.3, 0.4) is 0 Å². The van der Waals surface area contributed by atoms with Crippen LogP contribution in [0.25, 0.3) is 10.8 Å². The van der Waals surface area contributed by atoms with Crippen LogP contribution in [0.1, 0.15) is 5.56 Å². The van der Waals surface area contributed by atoms with Gasteiger partial charge in [0.25, 0.3) is 0 Å². The molecule has 1 aliphatic rings. The lowest BCUT2D eigenvalue weighted by Gasteiger charge is -2.28. The van der Waals surface area contributed by atoms with Crippen molar-refractivity contribution in [2.45, 2.75) is 6.92 Å². The molecule has 0 saturated carbocycles. The molecule has 0 aliphatic carbocycles. The molecule has 0 radical (unpaired) electrons. The zero-order chi connectivity index (χ0) is 16.0. The van der Waals surface area contributed by atoms with Crippen LogP contribution < -0.4 is 14.7 Å². The quantitative estimate of drug-likeness (QED) is 0.574. The average molecular weight is 345 g/mol. The zero-order valence-corrected chi connectivity index (χ0v) is 14.0. The molecule has 1 heterocycles. The second-order valence-corrected chi connectivity index (χ2v) is 7.63. The summed E-state index contributed by atoms with van der Waals surface area (Å²) >= 11 is 6.02. The van der Waals surface area contributed by atoms with Crippen LogP contribution in [0.15, 0.2) is 54.6 Å². The van der Waals surface area contributed by atoms with E-state index in [2.05, 4.69) is 10.2 Å². The standard InChI is InChI=1S/C17H14ClN2O2P/c1-11-10-13(8-9-14(11)18)22-23(21)19-15-6-2-4-12-5-3-7-16(20-23)17(12)15/h2-10H,1H3,(H2,19,20,21). The van der Waals surface area contributed by atoms with Crippen molar-refractivity contribution in [2.75, 3.05) is 10.2 Å². The fourth-order valence-electron chi connectivity index (χ4n) is 2.74. The Balaban J connectivity index is 1.73. The van der Waals surface area contributed by atoms with Gasteiger partial charge in [-0.1, -0.05) is 35.9 Å². The van der Waals surface area contributed by atoms with Crippen molar-refractivity contribution in [3.8, 4) is 5.75 Å². The van der Waals surface area contributed by atoms with Gasteiger partial charge in [0.15, 0.2) is 0 Å². The smallest absolute Gasteiger partial charge is 0.414 e. The first-order chi connectivity index (χ1) is 11.0. The van der Waals surface area contributed by atoms with Crippen molar-refractivity contribution < 1.29 is 9.09 Å². The van der Waals surface area contributed by atoms with Gasteiger partial charge in [0, 0.05) is 10.4 Å². The summed E-state index contributed by atoms with van der Waals surface area (Å²) in [6, 6.07) is 16.9. The Kier molecular flexibility index (Phi) is 3.26. The Bertz CT molecular complexity index is 929. The molecule has 4 rings (SSSR count). The monoisotopic (exact) mass is 344 g/mol. The van der Waals surface area contributed by atoms with Crippen molar-refractivity contribution in [1.82, 2.24) is 0 Å². The molecule has 6 heteroatoms. The first-order valence-corrected chi connectivity index (χ1v) is 9.18. The molecule has 0 aromatic heterocycles. The van der Waals surface area contributed by atoms with Crippen LogP contribution in [0.5, 0.6) is 5.75 Å². The molecule has 3 aromatic rings. The summed E-state index contributed by atoms with van der Waals surface area (Å²) in [5.41, 5.74) is 2.46. The van der Waals surface area contributed by atoms with Crippen molar-refractivity contribution in [1.29, 1.82) is 0 Å². The summed E-state index contributed by atoms with van der Waals surface area (Å²) in [6.45, 7) is 1.88. The number of halogens is 1. The summed E-state index contributed by atoms with van der Waals surface area (Å²) < 4.78 is 18.9. The topological polar surface area (TPSA) is 50.4 Å². The largest absolute Gasteiger partial charge is 0.444 e. The number of hydrogen-bond donors (Lipinski definition) is 2. The second kappa shape index (κ2) is 5.19. The molecule has 0 saturated heterocycles. The SMILES string of the molecule is Cc1cc(OP2(=O)Nc3cccc4cccc(c34)N2)ccc1Cl. The number of aryl methyl sites for hydroxylation is 1. The van der Waals surface area contributed by atoms with Crippen LogP contribution >= 0.6 is 19.3 Å². The Labute approximate surface area is 139 Å². The van der Waals surface area contributed by atoms with E-state index in [1.165, 1.54) is 0 Å². The normalized spacial score (nSPS) is 14.9. The molecule has 0 spiro atoms. The predicted molar refractivity (Wildman–Crippen MR) is 95.6 cm³/mol. The van der Waals surface area contributed by atoms with Gasteiger partial charge in [0.1, 0.15) is 5.75 Å². The fourth-order valence-corrected chi connectivity index (χ4v) is 4.42. The van der Waals surface area contributed by atoms with Gasteiger partial charge in [-0.2, -0.15) is 0 Å². The van der Waals surface area contributed by atoms with E-state index >= 15 is 0 Å². The molecule has 0 unspecified atom stereocenters. The van der Waals surface area contributed by atoms with E-state index in [0.29, 0.717) is 10.8 Å². The minimum atomic E-state index is -3.31. The van der Waals surface area contributed by atoms with Gasteiger partial charge < -0.3 is 4.52 Å². The maximum absolute atomic E-state index is 13.1. The molecule has 4 nitrogen and oxygen atoms in total. The number of rotatable bonds is 2. The molecule has 0 fully saturated rings. The van der Waals surface area contributed by atoms with Crippen LogP contribution in [-0.2, 0) is 4.57 Å². The molecule has 23 heavy (non-hydrogen) atoms. The summed E-state index contributed by atoms with van der Waals surface area (Å²) in [5, 5.41) is 8.76. The highest BCUT2D eigenvalue weighted by Crippen LogP contribution is 2.53. The third kappa shape index (κ3) is 2.54. The van der Waals surface area contributed by atoms with E-state index in [9.17, 15) is 4.57 Å². The van der Waals surface area contributed by atoms with E-state index in [1.54, 1.807) is 18.2 Å². The van der Waals surface area contributed by atoms with Gasteiger partial charge in [-0.05, 0) is 48.2 Å². The van der Waals surface area contributed by atoms with E-state index in [0.717, 1.165) is 27.7 Å². The lowest BCUT2D eigenvalue weighted by Crippen LogP contribution is -2.16. The minimum Gasteiger partial charge on any atom is -0.414 e. The maximum Gasteiger partial charge on any atom is 0.444 e.